The predicted molar refractivity (Wildman–Crippen MR) is 588 cm³/mol. The number of amides is 5. The number of likely N-dealkylation sites (tertiary alicyclic amines) is 2. The zero-order valence-corrected chi connectivity index (χ0v) is 93.4. The van der Waals surface area contributed by atoms with Gasteiger partial charge in [0.2, 0.25) is 23.0 Å². The first-order valence-electron chi connectivity index (χ1n) is 41.7. The summed E-state index contributed by atoms with van der Waals surface area (Å²) in [5.41, 5.74) is 35.1. The van der Waals surface area contributed by atoms with Gasteiger partial charge in [-0.2, -0.15) is 0 Å². The van der Waals surface area contributed by atoms with E-state index in [1.54, 1.807) is 28.4 Å². The van der Waals surface area contributed by atoms with E-state index in [1.165, 1.54) is 11.9 Å². The van der Waals surface area contributed by atoms with Crippen LogP contribution in [0, 0.1) is 0 Å². The van der Waals surface area contributed by atoms with Gasteiger partial charge in [0.25, 0.3) is 0 Å². The number of ether oxygens (including phenoxy) is 2. The smallest absolute Gasteiger partial charge is 0.228 e. The van der Waals surface area contributed by atoms with Crippen molar-refractivity contribution in [3.63, 3.8) is 0 Å². The van der Waals surface area contributed by atoms with Crippen molar-refractivity contribution in [3.8, 4) is 0 Å². The van der Waals surface area contributed by atoms with Crippen molar-refractivity contribution in [1.82, 2.24) is 60.0 Å². The van der Waals surface area contributed by atoms with E-state index >= 15 is 0 Å². The molecule has 0 bridgehead atoms. The number of nitrogens with zero attached hydrogens (tertiary/aromatic N) is 11. The van der Waals surface area contributed by atoms with Crippen molar-refractivity contribution in [2.75, 3.05) is 45.0 Å². The standard InChI is InChI=1S/C32H38ClN5O3.C27H30ClN5O.C16H15Cl2N3O.C15H23N3O2.3CH4.I9/c1-31(2,3)41-30(40)38-16-12-23(13-17-38)26-10-8-21(19-35-26)18-28-36-20-25(33)27(37-28)11-9-22-6-4-5-7-24(22)32(14-15-32)29(34)39;28-22-17-32-25(15-18-5-7-23(31-16-18)20-9-13-30-14-10-20)33-24(22)8-6-19-3-1-2-4-21(19)27(11-12-27)26(29)34;17-12-9-20-15(18)21-13(12)6-5-10-3-1-2-4-11(10)16(7-8-16)14(19)22;1-15(2,3)20-14(19)18-8-6-11(7-9-18)13-5-4-12(16)10-17-13;;;;1-6-8(4)9(5)7(2)3/h4-8,10,19-20,23H,9,11-18H2,1-3H3,(H2,34,39);1-5,7,16-17,20,30H,6,8-15H2,(H2,29,34);1-4,9H,5-8H2,(H2,19,22);4-5,10-11H,6-9,16H2,1-3H3;3*1H4;/q;;;;;;;-1. The predicted octanol–water partition coefficient (Wildman–Crippen LogP) is 21.3. The van der Waals surface area contributed by atoms with Crippen LogP contribution in [-0.2, 0) is 91.5 Å². The largest absolute Gasteiger partial charge is 0.369 e. The Bertz CT molecular complexity index is 5190. The van der Waals surface area contributed by atoms with E-state index in [1.807, 2.05) is 127 Å². The molecule has 0 spiro atoms. The van der Waals surface area contributed by atoms with Crippen LogP contribution in [0.25, 0.3) is 0 Å². The van der Waals surface area contributed by atoms with Gasteiger partial charge in [0, 0.05) is 98.6 Å². The summed E-state index contributed by atoms with van der Waals surface area (Å²) < 4.78 is 10.9. The maximum Gasteiger partial charge on any atom is 0.228 e. The van der Waals surface area contributed by atoms with Crippen molar-refractivity contribution in [3.05, 3.63) is 257 Å². The second-order valence-electron chi connectivity index (χ2n) is 34.0. The minimum atomic E-state index is -0.522. The first-order valence-corrected chi connectivity index (χ1v) is 93.5. The van der Waals surface area contributed by atoms with Crippen molar-refractivity contribution in [2.24, 2.45) is 17.2 Å². The van der Waals surface area contributed by atoms with Crippen LogP contribution < -0.4 is 41.5 Å². The van der Waals surface area contributed by atoms with Crippen LogP contribution in [0.4, 0.5) is 15.3 Å². The molecular formula is C93H118Cl4I9N16O7-. The third-order valence-corrected chi connectivity index (χ3v) is 437. The van der Waals surface area contributed by atoms with E-state index in [0.29, 0.717) is 128 Å². The van der Waals surface area contributed by atoms with Crippen LogP contribution in [0.15, 0.2) is 146 Å². The van der Waals surface area contributed by atoms with Gasteiger partial charge in [-0.1, -0.05) is 142 Å². The molecule has 0 radical (unpaired) electrons. The molecule has 6 fully saturated rings. The fourth-order valence-electron chi connectivity index (χ4n) is 15.8. The number of nitrogens with two attached hydrogens (primary N) is 4. The van der Waals surface area contributed by atoms with Gasteiger partial charge in [-0.15, -0.1) is 0 Å². The van der Waals surface area contributed by atoms with Crippen molar-refractivity contribution in [2.45, 2.75) is 237 Å². The molecule has 6 aliphatic rings. The summed E-state index contributed by atoms with van der Waals surface area (Å²) in [6, 6.07) is 36.3. The van der Waals surface area contributed by atoms with E-state index in [9.17, 15) is 24.0 Å². The van der Waals surface area contributed by atoms with Gasteiger partial charge >= 0.3 is 142 Å². The van der Waals surface area contributed by atoms with Crippen molar-refractivity contribution in [1.29, 1.82) is 0 Å². The Hall–Kier alpha value is -3.21. The molecule has 5 amide bonds. The number of primary amides is 3. The van der Waals surface area contributed by atoms with Crippen LogP contribution >= 0.6 is 163 Å². The number of anilines is 1. The molecule has 3 aliphatic heterocycles. The first-order chi connectivity index (χ1) is 60.1. The quantitative estimate of drug-likeness (QED) is 0.0262. The Morgan fingerprint density at radius 2 is 0.791 bits per heavy atom. The van der Waals surface area contributed by atoms with Gasteiger partial charge in [-0.05, 0) is 251 Å². The number of carbonyl (C=O) groups excluding carboxylic acids is 5. The number of carbonyl (C=O) groups is 5. The summed E-state index contributed by atoms with van der Waals surface area (Å²) in [4.78, 5) is 104. The number of hydrogen-bond acceptors (Lipinski definition) is 18. The monoisotopic (exact) mass is 2850 g/mol. The fourth-order valence-corrected chi connectivity index (χ4v) is 645. The molecular weight excluding hydrogens is 2740 g/mol. The van der Waals surface area contributed by atoms with Gasteiger partial charge < -0.3 is 47.5 Å². The number of piperidine rings is 3. The number of nitrogens with one attached hydrogen (secondary N) is 1. The molecule has 3 saturated carbocycles. The summed E-state index contributed by atoms with van der Waals surface area (Å²) in [6.07, 6.45) is 25.9. The molecule has 15 rings (SSSR count). The Labute approximate surface area is 850 Å². The van der Waals surface area contributed by atoms with Crippen molar-refractivity contribution < 1.29 is 46.7 Å². The Morgan fingerprint density at radius 3 is 1.09 bits per heavy atom. The molecule has 6 aromatic heterocycles. The number of benzene rings is 3. The number of pyridine rings is 3. The van der Waals surface area contributed by atoms with E-state index in [-0.39, 0.29) is 81.2 Å². The Balaban J connectivity index is 0.000000211. The maximum atomic E-state index is 12.4. The number of aryl methyl sites for hydroxylation is 6. The normalized spacial score (nSPS) is 16.3. The average molecular weight is 2860 g/mol. The molecule has 704 valence electrons. The Kier molecular flexibility index (Phi) is 44.8. The minimum Gasteiger partial charge on any atom is -0.369 e. The SMILES string of the molecule is C.C.C.CC(C)(C)OC(=O)N1CCC(c2ccc(Cc3ncc(Cl)c(CCc4ccccc4C4(C(N)=O)CC4)n3)cn2)CC1.CC(C)(C)OC(=O)N1CCC(c2ccc(N)cn2)CC1.I[I-]I(I)I(I)I(I)I.NC(=O)C1(c2ccccc2CCc2nc(Cc3ccc(C4CCNCC4)nc3)ncc2Cl)CC1.NC(=O)C1(c2ccccc2CCc2nc(Cl)ncc2Cl)CC1. The molecule has 9 heterocycles. The van der Waals surface area contributed by atoms with Crippen LogP contribution in [0.5, 0.6) is 0 Å². The van der Waals surface area contributed by atoms with Crippen LogP contribution in [0.2, 0.25) is 20.4 Å². The molecule has 0 atom stereocenters. The van der Waals surface area contributed by atoms with Crippen LogP contribution in [-0.4, -0.2) is 135 Å². The van der Waals surface area contributed by atoms with Crippen LogP contribution in [0.3, 0.4) is 0 Å². The summed E-state index contributed by atoms with van der Waals surface area (Å²) >= 11 is 39.4. The molecule has 36 heteroatoms. The zero-order chi connectivity index (χ0) is 90.7. The summed E-state index contributed by atoms with van der Waals surface area (Å²) in [5.74, 6) is 1.94. The molecule has 3 aliphatic carbocycles. The summed E-state index contributed by atoms with van der Waals surface area (Å²) in [6.45, 7) is 16.2. The number of rotatable bonds is 25. The molecule has 9 aromatic rings. The van der Waals surface area contributed by atoms with Gasteiger partial charge in [0.05, 0.1) is 66.5 Å². The van der Waals surface area contributed by atoms with Gasteiger partial charge in [-0.3, -0.25) is 29.3 Å². The summed E-state index contributed by atoms with van der Waals surface area (Å²) in [5, 5.41) is 5.19. The topological polar surface area (TPSA) is 342 Å². The van der Waals surface area contributed by atoms with Crippen molar-refractivity contribution >= 4 is 199 Å². The first kappa shape index (κ1) is 111. The second-order valence-corrected chi connectivity index (χ2v) is 198. The summed E-state index contributed by atoms with van der Waals surface area (Å²) in [7, 11) is -0.795. The van der Waals surface area contributed by atoms with Gasteiger partial charge in [0.15, 0.2) is 0 Å². The molecule has 0 unspecified atom stereocenters. The number of aromatic nitrogens is 9. The van der Waals surface area contributed by atoms with E-state index < -0.39 is 27.4 Å². The molecule has 9 N–H and O–H groups in total. The average Bonchev–Trinajstić information content (AvgIpc) is 1.61. The molecule has 3 aromatic carbocycles. The number of hydrogen-bond donors (Lipinski definition) is 5. The van der Waals surface area contributed by atoms with E-state index in [4.69, 9.17) is 98.7 Å². The molecule has 3 saturated heterocycles. The van der Waals surface area contributed by atoms with Gasteiger partial charge in [-0.25, -0.2) is 39.5 Å². The van der Waals surface area contributed by atoms with Crippen LogP contribution in [0.1, 0.15) is 249 Å². The third-order valence-electron chi connectivity index (χ3n) is 23.0. The number of halogens is 13. The van der Waals surface area contributed by atoms with E-state index in [0.717, 1.165) is 176 Å². The van der Waals surface area contributed by atoms with Gasteiger partial charge in [0.1, 0.15) is 22.9 Å². The molecule has 129 heavy (non-hydrogen) atoms. The second kappa shape index (κ2) is 52.0. The third kappa shape index (κ3) is 32.5. The maximum absolute atomic E-state index is 12.4. The number of nitrogen functional groups attached to an aromatic ring is 1. The zero-order valence-electron chi connectivity index (χ0n) is 71.0. The molecule has 23 nitrogen and oxygen atoms in total. The minimum absolute atomic E-state index is 0. The fraction of sp³-hybridized carbons (Fsp3) is 0.462. The van der Waals surface area contributed by atoms with E-state index in [2.05, 4.69) is 160 Å². The Morgan fingerprint density at radius 1 is 0.457 bits per heavy atom.